The maximum absolute atomic E-state index is 12.7. The monoisotopic (exact) mass is 819 g/mol. The van der Waals surface area contributed by atoms with Crippen LogP contribution in [0.5, 0.6) is 0 Å². The van der Waals surface area contributed by atoms with Crippen LogP contribution >= 0.6 is 0 Å². The summed E-state index contributed by atoms with van der Waals surface area (Å²) in [6.45, 7) is 6.34. The Morgan fingerprint density at radius 1 is 0.356 bits per heavy atom. The minimum Gasteiger partial charge on any atom is -0.462 e. The standard InChI is InChI=1S/C53H86O6/c1-4-7-10-13-15-17-19-21-23-24-25-26-27-28-30-31-33-35-37-40-43-46-52(55)58-49-50(48-57-51(54)45-42-39-12-9-6-3)59-53(56)47-44-41-38-36-34-32-29-22-20-18-16-14-11-8-5-2/h7,10,15-18,21-23,25-26,28-30,33,35,50H,4-6,8-9,11-14,19-20,24,27,31-32,34,36-49H2,1-3H3/b10-7-,17-15-,18-16-,23-21-,26-25-,29-22-,30-28-,35-33-. The molecule has 6 nitrogen and oxygen atoms in total. The van der Waals surface area contributed by atoms with Gasteiger partial charge in [-0.05, 0) is 103 Å². The summed E-state index contributed by atoms with van der Waals surface area (Å²) < 4.78 is 16.6. The molecule has 0 aromatic carbocycles. The predicted molar refractivity (Wildman–Crippen MR) is 251 cm³/mol. The van der Waals surface area contributed by atoms with Gasteiger partial charge >= 0.3 is 17.9 Å². The summed E-state index contributed by atoms with van der Waals surface area (Å²) >= 11 is 0. The molecule has 6 heteroatoms. The van der Waals surface area contributed by atoms with Crippen molar-refractivity contribution in [2.24, 2.45) is 0 Å². The molecule has 1 atom stereocenters. The van der Waals surface area contributed by atoms with Crippen molar-refractivity contribution in [2.75, 3.05) is 13.2 Å². The van der Waals surface area contributed by atoms with Gasteiger partial charge in [-0.3, -0.25) is 14.4 Å². The fraction of sp³-hybridized carbons (Fsp3) is 0.642. The third kappa shape index (κ3) is 45.3. The van der Waals surface area contributed by atoms with Crippen molar-refractivity contribution in [2.45, 2.75) is 207 Å². The van der Waals surface area contributed by atoms with Gasteiger partial charge in [-0.15, -0.1) is 0 Å². The number of unbranched alkanes of at least 4 members (excludes halogenated alkanes) is 14. The Labute approximate surface area is 362 Å². The second-order valence-electron chi connectivity index (χ2n) is 15.3. The number of allylic oxidation sites excluding steroid dienone is 16. The van der Waals surface area contributed by atoms with Crippen LogP contribution in [0, 0.1) is 0 Å². The van der Waals surface area contributed by atoms with Crippen molar-refractivity contribution >= 4 is 17.9 Å². The average Bonchev–Trinajstić information content (AvgIpc) is 3.23. The van der Waals surface area contributed by atoms with E-state index in [0.29, 0.717) is 19.3 Å². The molecule has 0 aliphatic carbocycles. The van der Waals surface area contributed by atoms with Crippen molar-refractivity contribution in [3.05, 3.63) is 97.2 Å². The second kappa shape index (κ2) is 47.0. The highest BCUT2D eigenvalue weighted by Gasteiger charge is 2.19. The van der Waals surface area contributed by atoms with E-state index in [4.69, 9.17) is 14.2 Å². The van der Waals surface area contributed by atoms with Gasteiger partial charge in [-0.1, -0.05) is 176 Å². The first-order valence-electron chi connectivity index (χ1n) is 23.7. The van der Waals surface area contributed by atoms with E-state index in [1.165, 1.54) is 25.7 Å². The minimum absolute atomic E-state index is 0.0995. The first kappa shape index (κ1) is 55.3. The summed E-state index contributed by atoms with van der Waals surface area (Å²) in [7, 11) is 0. The van der Waals surface area contributed by atoms with Crippen LogP contribution in [0.15, 0.2) is 97.2 Å². The summed E-state index contributed by atoms with van der Waals surface area (Å²) in [6.07, 6.45) is 61.4. The zero-order valence-corrected chi connectivity index (χ0v) is 38.0. The summed E-state index contributed by atoms with van der Waals surface area (Å²) in [5.74, 6) is -0.981. The number of rotatable bonds is 41. The van der Waals surface area contributed by atoms with Crippen molar-refractivity contribution in [1.82, 2.24) is 0 Å². The summed E-state index contributed by atoms with van der Waals surface area (Å²) in [6, 6.07) is 0. The maximum Gasteiger partial charge on any atom is 0.306 e. The van der Waals surface area contributed by atoms with Crippen LogP contribution < -0.4 is 0 Å². The summed E-state index contributed by atoms with van der Waals surface area (Å²) in [5, 5.41) is 0. The van der Waals surface area contributed by atoms with E-state index in [9.17, 15) is 14.4 Å². The van der Waals surface area contributed by atoms with Gasteiger partial charge in [0, 0.05) is 19.3 Å². The largest absolute Gasteiger partial charge is 0.462 e. The quantitative estimate of drug-likeness (QED) is 0.0265. The molecule has 1 unspecified atom stereocenters. The number of carbonyl (C=O) groups is 3. The lowest BCUT2D eigenvalue weighted by molar-refractivity contribution is -0.167. The van der Waals surface area contributed by atoms with Crippen LogP contribution in [0.25, 0.3) is 0 Å². The fourth-order valence-corrected chi connectivity index (χ4v) is 6.00. The lowest BCUT2D eigenvalue weighted by Gasteiger charge is -2.18. The Balaban J connectivity index is 4.33. The molecule has 0 fully saturated rings. The Morgan fingerprint density at radius 2 is 0.661 bits per heavy atom. The van der Waals surface area contributed by atoms with E-state index in [-0.39, 0.29) is 31.1 Å². The molecule has 0 aliphatic rings. The third-order valence-corrected chi connectivity index (χ3v) is 9.57. The van der Waals surface area contributed by atoms with E-state index in [0.717, 1.165) is 135 Å². The Bertz CT molecular complexity index is 1220. The molecule has 0 saturated heterocycles. The molecule has 0 aromatic rings. The van der Waals surface area contributed by atoms with E-state index >= 15 is 0 Å². The van der Waals surface area contributed by atoms with E-state index in [2.05, 4.69) is 118 Å². The topological polar surface area (TPSA) is 78.9 Å². The van der Waals surface area contributed by atoms with Gasteiger partial charge in [-0.25, -0.2) is 0 Å². The molecule has 0 aromatic heterocycles. The zero-order valence-electron chi connectivity index (χ0n) is 38.0. The van der Waals surface area contributed by atoms with Crippen LogP contribution in [-0.4, -0.2) is 37.2 Å². The van der Waals surface area contributed by atoms with Crippen LogP contribution in [0.3, 0.4) is 0 Å². The summed E-state index contributed by atoms with van der Waals surface area (Å²) in [5.41, 5.74) is 0. The van der Waals surface area contributed by atoms with Crippen LogP contribution in [0.4, 0.5) is 0 Å². The fourth-order valence-electron chi connectivity index (χ4n) is 6.00. The average molecular weight is 819 g/mol. The van der Waals surface area contributed by atoms with Crippen molar-refractivity contribution in [3.8, 4) is 0 Å². The molecule has 0 heterocycles. The zero-order chi connectivity index (χ0) is 43.0. The highest BCUT2D eigenvalue weighted by Crippen LogP contribution is 2.12. The van der Waals surface area contributed by atoms with Crippen molar-refractivity contribution in [3.63, 3.8) is 0 Å². The van der Waals surface area contributed by atoms with Crippen molar-refractivity contribution in [1.29, 1.82) is 0 Å². The van der Waals surface area contributed by atoms with Gasteiger partial charge in [0.1, 0.15) is 13.2 Å². The molecular weight excluding hydrogens is 733 g/mol. The van der Waals surface area contributed by atoms with Crippen LogP contribution in [0.2, 0.25) is 0 Å². The minimum atomic E-state index is -0.799. The Kier molecular flexibility index (Phi) is 44.1. The maximum atomic E-state index is 12.7. The molecule has 0 saturated carbocycles. The molecule has 334 valence electrons. The first-order chi connectivity index (χ1) is 29.0. The number of ether oxygens (including phenoxy) is 3. The molecular formula is C53H86O6. The summed E-state index contributed by atoms with van der Waals surface area (Å²) in [4.78, 5) is 37.5. The number of esters is 3. The lowest BCUT2D eigenvalue weighted by Crippen LogP contribution is -2.30. The highest BCUT2D eigenvalue weighted by molar-refractivity contribution is 5.71. The molecule has 0 spiro atoms. The Morgan fingerprint density at radius 3 is 1.10 bits per heavy atom. The normalized spacial score (nSPS) is 12.9. The predicted octanol–water partition coefficient (Wildman–Crippen LogP) is 15.4. The van der Waals surface area contributed by atoms with E-state index in [1.54, 1.807) is 0 Å². The first-order valence-corrected chi connectivity index (χ1v) is 23.7. The van der Waals surface area contributed by atoms with E-state index < -0.39 is 6.10 Å². The lowest BCUT2D eigenvalue weighted by atomic mass is 10.1. The molecule has 0 aliphatic heterocycles. The molecule has 0 rings (SSSR count). The highest BCUT2D eigenvalue weighted by atomic mass is 16.6. The molecule has 0 amide bonds. The molecule has 0 N–H and O–H groups in total. The van der Waals surface area contributed by atoms with Crippen molar-refractivity contribution < 1.29 is 28.6 Å². The van der Waals surface area contributed by atoms with Gasteiger partial charge in [-0.2, -0.15) is 0 Å². The van der Waals surface area contributed by atoms with Gasteiger partial charge in [0.15, 0.2) is 6.10 Å². The van der Waals surface area contributed by atoms with Gasteiger partial charge in [0.2, 0.25) is 0 Å². The van der Waals surface area contributed by atoms with Crippen LogP contribution in [0.1, 0.15) is 201 Å². The number of hydrogen-bond donors (Lipinski definition) is 0. The SMILES string of the molecule is CC/C=C\C/C=C\C/C=C\C/C=C\C/C=C\C/C=C\CCCCC(=O)OCC(COC(=O)CCCCCCC)OC(=O)CCCCCCC/C=C\C/C=C\CCCCC. The van der Waals surface area contributed by atoms with Gasteiger partial charge < -0.3 is 14.2 Å². The van der Waals surface area contributed by atoms with Crippen LogP contribution in [-0.2, 0) is 28.6 Å². The van der Waals surface area contributed by atoms with Gasteiger partial charge in [0.05, 0.1) is 0 Å². The molecule has 59 heavy (non-hydrogen) atoms. The molecule has 0 radical (unpaired) electrons. The number of carbonyl (C=O) groups excluding carboxylic acids is 3. The van der Waals surface area contributed by atoms with E-state index in [1.807, 2.05) is 0 Å². The molecule has 0 bridgehead atoms. The third-order valence-electron chi connectivity index (χ3n) is 9.57. The Hall–Kier alpha value is -3.67. The number of hydrogen-bond acceptors (Lipinski definition) is 6. The smallest absolute Gasteiger partial charge is 0.306 e. The van der Waals surface area contributed by atoms with Gasteiger partial charge in [0.25, 0.3) is 0 Å². The second-order valence-corrected chi connectivity index (χ2v) is 15.3.